The number of carbonyl (C=O) groups excluding carboxylic acids is 2. The summed E-state index contributed by atoms with van der Waals surface area (Å²) in [6.07, 6.45) is 3.46. The van der Waals surface area contributed by atoms with Crippen LogP contribution in [0.5, 0.6) is 0 Å². The van der Waals surface area contributed by atoms with Crippen LogP contribution in [0.3, 0.4) is 0 Å². The molecule has 1 aliphatic rings. The van der Waals surface area contributed by atoms with E-state index in [-0.39, 0.29) is 16.9 Å². The van der Waals surface area contributed by atoms with Crippen LogP contribution in [0.1, 0.15) is 15.9 Å². The van der Waals surface area contributed by atoms with E-state index in [1.165, 1.54) is 0 Å². The molecule has 0 spiro atoms. The molecule has 1 fully saturated rings. The smallest absolute Gasteiger partial charge is 0.257 e. The Morgan fingerprint density at radius 1 is 0.944 bits per heavy atom. The Morgan fingerprint density at radius 2 is 1.64 bits per heavy atom. The Bertz CT molecular complexity index is 1280. The van der Waals surface area contributed by atoms with Gasteiger partial charge in [-0.2, -0.15) is 0 Å². The molecule has 0 radical (unpaired) electrons. The molecule has 9 heteroatoms. The molecule has 0 unspecified atom stereocenters. The van der Waals surface area contributed by atoms with Crippen LogP contribution >= 0.6 is 39.7 Å². The van der Waals surface area contributed by atoms with Crippen molar-refractivity contribution in [2.24, 2.45) is 0 Å². The molecule has 3 aromatic rings. The lowest BCUT2D eigenvalue weighted by Crippen LogP contribution is -2.48. The predicted molar refractivity (Wildman–Crippen MR) is 154 cm³/mol. The average Bonchev–Trinajstić information content (AvgIpc) is 2.88. The van der Waals surface area contributed by atoms with Crippen LogP contribution in [-0.2, 0) is 4.79 Å². The number of amides is 2. The first-order valence-corrected chi connectivity index (χ1v) is 12.9. The van der Waals surface area contributed by atoms with Crippen molar-refractivity contribution in [3.05, 3.63) is 99.5 Å². The molecule has 0 aromatic heterocycles. The van der Waals surface area contributed by atoms with E-state index in [2.05, 4.69) is 31.5 Å². The van der Waals surface area contributed by atoms with Crippen molar-refractivity contribution in [2.75, 3.05) is 36.4 Å². The Kier molecular flexibility index (Phi) is 8.74. The fraction of sp³-hybridized carbons (Fsp3) is 0.148. The molecule has 1 saturated heterocycles. The van der Waals surface area contributed by atoms with Crippen LogP contribution in [0.25, 0.3) is 6.08 Å². The molecule has 1 heterocycles. The van der Waals surface area contributed by atoms with E-state index < -0.39 is 0 Å². The molecule has 4 rings (SSSR count). The van der Waals surface area contributed by atoms with E-state index in [4.69, 9.17) is 23.8 Å². The summed E-state index contributed by atoms with van der Waals surface area (Å²) in [6, 6.07) is 22.3. The van der Waals surface area contributed by atoms with Crippen LogP contribution in [0.2, 0.25) is 5.02 Å². The van der Waals surface area contributed by atoms with Gasteiger partial charge in [0, 0.05) is 48.0 Å². The van der Waals surface area contributed by atoms with Crippen LogP contribution in [0.4, 0.5) is 11.4 Å². The van der Waals surface area contributed by atoms with Crippen molar-refractivity contribution in [2.45, 2.75) is 0 Å². The van der Waals surface area contributed by atoms with Crippen molar-refractivity contribution in [1.82, 2.24) is 10.2 Å². The number of halogens is 2. The molecule has 184 valence electrons. The van der Waals surface area contributed by atoms with Crippen LogP contribution in [0, 0.1) is 0 Å². The number of carbonyl (C=O) groups is 2. The standard InChI is InChI=1S/C27H24BrClN4O2S/c28-21-9-7-20(8-10-21)26(35)31-27(36)30-22-11-12-24(23(29)18-22)32-14-16-33(17-15-32)25(34)13-6-19-4-2-1-3-5-19/h1-13,18H,14-17H2,(H2,30,31,35,36)/b13-6+. The second kappa shape index (κ2) is 12.2. The van der Waals surface area contributed by atoms with Crippen LogP contribution in [-0.4, -0.2) is 48.0 Å². The lowest BCUT2D eigenvalue weighted by molar-refractivity contribution is -0.126. The number of piperazine rings is 1. The molecule has 36 heavy (non-hydrogen) atoms. The topological polar surface area (TPSA) is 64.7 Å². The Balaban J connectivity index is 1.29. The summed E-state index contributed by atoms with van der Waals surface area (Å²) in [6.45, 7) is 2.58. The van der Waals surface area contributed by atoms with Gasteiger partial charge in [-0.1, -0.05) is 57.9 Å². The quantitative estimate of drug-likeness (QED) is 0.303. The van der Waals surface area contributed by atoms with E-state index in [0.717, 1.165) is 15.7 Å². The summed E-state index contributed by atoms with van der Waals surface area (Å²) in [5, 5.41) is 6.41. The summed E-state index contributed by atoms with van der Waals surface area (Å²) in [5.74, 6) is -0.295. The van der Waals surface area contributed by atoms with E-state index in [1.807, 2.05) is 53.4 Å². The van der Waals surface area contributed by atoms with Gasteiger partial charge >= 0.3 is 0 Å². The SMILES string of the molecule is O=C(NC(=S)Nc1ccc(N2CCN(C(=O)/C=C/c3ccccc3)CC2)c(Cl)c1)c1ccc(Br)cc1. The highest BCUT2D eigenvalue weighted by Gasteiger charge is 2.21. The first-order valence-electron chi connectivity index (χ1n) is 11.3. The largest absolute Gasteiger partial charge is 0.367 e. The number of nitrogens with one attached hydrogen (secondary N) is 2. The number of benzene rings is 3. The third-order valence-corrected chi connectivity index (χ3v) is 6.72. The van der Waals surface area contributed by atoms with Gasteiger partial charge < -0.3 is 15.1 Å². The number of nitrogens with zero attached hydrogens (tertiary/aromatic N) is 2. The number of anilines is 2. The molecular formula is C27H24BrClN4O2S. The van der Waals surface area contributed by atoms with Gasteiger partial charge in [0.15, 0.2) is 5.11 Å². The number of hydrogen-bond donors (Lipinski definition) is 2. The third kappa shape index (κ3) is 6.94. The van der Waals surface area contributed by atoms with Gasteiger partial charge in [-0.15, -0.1) is 0 Å². The van der Waals surface area contributed by atoms with Gasteiger partial charge in [0.05, 0.1) is 10.7 Å². The highest BCUT2D eigenvalue weighted by atomic mass is 79.9. The highest BCUT2D eigenvalue weighted by molar-refractivity contribution is 9.10. The Labute approximate surface area is 229 Å². The Morgan fingerprint density at radius 3 is 2.31 bits per heavy atom. The lowest BCUT2D eigenvalue weighted by atomic mass is 10.2. The second-order valence-corrected chi connectivity index (χ2v) is 9.87. The van der Waals surface area contributed by atoms with Crippen molar-refractivity contribution in [3.8, 4) is 0 Å². The van der Waals surface area contributed by atoms with Crippen molar-refractivity contribution < 1.29 is 9.59 Å². The highest BCUT2D eigenvalue weighted by Crippen LogP contribution is 2.29. The van der Waals surface area contributed by atoms with E-state index in [1.54, 1.807) is 36.4 Å². The van der Waals surface area contributed by atoms with E-state index in [9.17, 15) is 9.59 Å². The van der Waals surface area contributed by atoms with E-state index >= 15 is 0 Å². The number of rotatable bonds is 5. The lowest BCUT2D eigenvalue weighted by Gasteiger charge is -2.36. The van der Waals surface area contributed by atoms with Gasteiger partial charge in [-0.05, 0) is 66.3 Å². The molecule has 6 nitrogen and oxygen atoms in total. The first-order chi connectivity index (χ1) is 17.4. The monoisotopic (exact) mass is 582 g/mol. The molecule has 2 amide bonds. The zero-order chi connectivity index (χ0) is 25.5. The van der Waals surface area contributed by atoms with Crippen LogP contribution < -0.4 is 15.5 Å². The van der Waals surface area contributed by atoms with E-state index in [0.29, 0.717) is 42.5 Å². The zero-order valence-electron chi connectivity index (χ0n) is 19.3. The predicted octanol–water partition coefficient (Wildman–Crippen LogP) is 5.59. The average molecular weight is 584 g/mol. The molecule has 3 aromatic carbocycles. The minimum Gasteiger partial charge on any atom is -0.367 e. The Hall–Kier alpha value is -3.20. The van der Waals surface area contributed by atoms with Gasteiger partial charge in [-0.3, -0.25) is 14.9 Å². The van der Waals surface area contributed by atoms with Gasteiger partial charge in [-0.25, -0.2) is 0 Å². The third-order valence-electron chi connectivity index (χ3n) is 5.69. The second-order valence-electron chi connectivity index (χ2n) is 8.14. The summed E-state index contributed by atoms with van der Waals surface area (Å²) in [4.78, 5) is 28.9. The summed E-state index contributed by atoms with van der Waals surface area (Å²) in [5.41, 5.74) is 3.06. The van der Waals surface area contributed by atoms with Crippen LogP contribution in [0.15, 0.2) is 83.3 Å². The fourth-order valence-corrected chi connectivity index (χ4v) is 4.56. The molecule has 0 atom stereocenters. The summed E-state index contributed by atoms with van der Waals surface area (Å²) < 4.78 is 0.891. The fourth-order valence-electron chi connectivity index (χ4n) is 3.78. The number of hydrogen-bond acceptors (Lipinski definition) is 4. The maximum atomic E-state index is 12.6. The molecule has 1 aliphatic heterocycles. The maximum absolute atomic E-state index is 12.6. The van der Waals surface area contributed by atoms with Gasteiger partial charge in [0.1, 0.15) is 0 Å². The number of thiocarbonyl (C=S) groups is 1. The van der Waals surface area contributed by atoms with Gasteiger partial charge in [0.2, 0.25) is 5.91 Å². The van der Waals surface area contributed by atoms with Crippen molar-refractivity contribution in [3.63, 3.8) is 0 Å². The van der Waals surface area contributed by atoms with Crippen molar-refractivity contribution >= 4 is 74.1 Å². The van der Waals surface area contributed by atoms with Crippen molar-refractivity contribution in [1.29, 1.82) is 0 Å². The molecule has 2 N–H and O–H groups in total. The molecule has 0 bridgehead atoms. The first kappa shape index (κ1) is 25.9. The normalized spacial score (nSPS) is 13.5. The minimum atomic E-state index is -0.297. The van der Waals surface area contributed by atoms with Gasteiger partial charge in [0.25, 0.3) is 5.91 Å². The maximum Gasteiger partial charge on any atom is 0.257 e. The summed E-state index contributed by atoms with van der Waals surface area (Å²) in [7, 11) is 0. The summed E-state index contributed by atoms with van der Waals surface area (Å²) >= 11 is 15.2. The molecule has 0 saturated carbocycles. The minimum absolute atomic E-state index is 0.00263. The zero-order valence-corrected chi connectivity index (χ0v) is 22.4. The molecule has 0 aliphatic carbocycles. The molecular weight excluding hydrogens is 560 g/mol.